The summed E-state index contributed by atoms with van der Waals surface area (Å²) in [5.41, 5.74) is 4.54. The van der Waals surface area contributed by atoms with Gasteiger partial charge in [-0.3, -0.25) is 9.59 Å². The fourth-order valence-electron chi connectivity index (χ4n) is 8.24. The number of carbonyl (C=O) groups excluding carboxylic acids is 2. The Morgan fingerprint density at radius 3 is 1.63 bits per heavy atom. The number of carboxylic acids is 1. The quantitative estimate of drug-likeness (QED) is 0.0544. The first kappa shape index (κ1) is 58.1. The maximum absolute atomic E-state index is 13.6. The maximum Gasteiger partial charge on any atom is 0.407 e. The molecule has 0 aromatic heterocycles. The Kier molecular flexibility index (Phi) is 34.4. The summed E-state index contributed by atoms with van der Waals surface area (Å²) in [7, 11) is 0. The van der Waals surface area contributed by atoms with Gasteiger partial charge in [-0.2, -0.15) is 11.8 Å². The van der Waals surface area contributed by atoms with Crippen molar-refractivity contribution in [2.75, 3.05) is 84.1 Å². The van der Waals surface area contributed by atoms with Crippen LogP contribution < -0.4 is 10.6 Å². The molecular weight excluding hydrogens is 869 g/mol. The molecule has 380 valence electrons. The molecule has 0 bridgehead atoms. The Morgan fingerprint density at radius 2 is 1.07 bits per heavy atom. The molecule has 1 aliphatic carbocycles. The van der Waals surface area contributed by atoms with Gasteiger partial charge in [-0.1, -0.05) is 178 Å². The molecule has 0 aliphatic heterocycles. The minimum absolute atomic E-state index is 0.0432. The minimum Gasteiger partial charge on any atom is -0.481 e. The highest BCUT2D eigenvalue weighted by Crippen LogP contribution is 2.44. The number of unbranched alkanes of at least 4 members (excludes halogenated alkanes) is 18. The van der Waals surface area contributed by atoms with Gasteiger partial charge in [-0.15, -0.1) is 0 Å². The second-order valence-corrected chi connectivity index (χ2v) is 18.8. The zero-order valence-corrected chi connectivity index (χ0v) is 42.2. The van der Waals surface area contributed by atoms with Crippen LogP contribution in [0.5, 0.6) is 0 Å². The fraction of sp³-hybridized carbons (Fsp3) is 0.722. The number of carbonyl (C=O) groups is 3. The highest BCUT2D eigenvalue weighted by atomic mass is 32.2. The second-order valence-electron chi connectivity index (χ2n) is 17.8. The standard InChI is InChI=1S/C54H88N2O10S/c1-3-5-7-9-11-13-15-17-19-25-33-64-41-45(65-34-26-20-18-16-14-12-10-8-6-4-2)43-67-44-51(53(59)55-32-36-62-38-40-63-39-37-61-35-31-52(57)58)56-54(60)66-42-50-48-29-23-21-27-46(48)47-28-22-24-30-49(47)50/h21-24,27-30,45,50-51H,3-20,25-26,31-44H2,1-2H3,(H,55,59)(H,56,60)(H,57,58). The number of nitrogens with one attached hydrogen (secondary N) is 2. The molecule has 3 rings (SSSR count). The van der Waals surface area contributed by atoms with Gasteiger partial charge in [-0.05, 0) is 35.1 Å². The van der Waals surface area contributed by atoms with E-state index in [1.165, 1.54) is 109 Å². The van der Waals surface area contributed by atoms with Crippen LogP contribution in [0.1, 0.15) is 166 Å². The average molecular weight is 957 g/mol. The van der Waals surface area contributed by atoms with E-state index in [-0.39, 0.29) is 50.7 Å². The third-order valence-corrected chi connectivity index (χ3v) is 13.3. The van der Waals surface area contributed by atoms with Crippen molar-refractivity contribution in [3.63, 3.8) is 0 Å². The molecule has 2 aromatic rings. The van der Waals surface area contributed by atoms with Crippen molar-refractivity contribution < 1.29 is 47.9 Å². The summed E-state index contributed by atoms with van der Waals surface area (Å²) in [6.07, 6.45) is 24.6. The van der Waals surface area contributed by atoms with E-state index < -0.39 is 18.1 Å². The summed E-state index contributed by atoms with van der Waals surface area (Å²) in [5.74, 6) is -0.364. The molecule has 67 heavy (non-hydrogen) atoms. The third-order valence-electron chi connectivity index (χ3n) is 12.1. The minimum atomic E-state index is -0.900. The molecule has 2 unspecified atom stereocenters. The van der Waals surface area contributed by atoms with Gasteiger partial charge in [0.15, 0.2) is 0 Å². The van der Waals surface area contributed by atoms with Crippen LogP contribution in [0.25, 0.3) is 11.1 Å². The normalized spacial score (nSPS) is 13.0. The predicted molar refractivity (Wildman–Crippen MR) is 271 cm³/mol. The lowest BCUT2D eigenvalue weighted by atomic mass is 9.98. The number of carboxylic acid groups (broad SMARTS) is 1. The Morgan fingerprint density at radius 1 is 0.582 bits per heavy atom. The lowest BCUT2D eigenvalue weighted by Gasteiger charge is -2.22. The van der Waals surface area contributed by atoms with Gasteiger partial charge in [0.25, 0.3) is 0 Å². The monoisotopic (exact) mass is 957 g/mol. The molecule has 2 aromatic carbocycles. The van der Waals surface area contributed by atoms with E-state index in [1.807, 2.05) is 24.3 Å². The van der Waals surface area contributed by atoms with Crippen molar-refractivity contribution >= 4 is 29.7 Å². The van der Waals surface area contributed by atoms with Crippen molar-refractivity contribution in [1.82, 2.24) is 10.6 Å². The van der Waals surface area contributed by atoms with Gasteiger partial charge < -0.3 is 44.2 Å². The van der Waals surface area contributed by atoms with E-state index >= 15 is 0 Å². The van der Waals surface area contributed by atoms with Gasteiger partial charge in [0, 0.05) is 37.2 Å². The summed E-state index contributed by atoms with van der Waals surface area (Å²) in [6, 6.07) is 15.6. The first-order chi connectivity index (χ1) is 32.9. The topological polar surface area (TPSA) is 151 Å². The van der Waals surface area contributed by atoms with Crippen molar-refractivity contribution in [1.29, 1.82) is 0 Å². The molecule has 2 amide bonds. The summed E-state index contributed by atoms with van der Waals surface area (Å²) in [5, 5.41) is 14.5. The number of fused-ring (bicyclic) bond motifs is 3. The van der Waals surface area contributed by atoms with E-state index in [2.05, 4.69) is 48.7 Å². The van der Waals surface area contributed by atoms with Crippen molar-refractivity contribution in [2.24, 2.45) is 0 Å². The van der Waals surface area contributed by atoms with E-state index in [9.17, 15) is 14.4 Å². The third kappa shape index (κ3) is 27.5. The summed E-state index contributed by atoms with van der Waals surface area (Å²) < 4.78 is 34.8. The molecule has 0 saturated carbocycles. The molecule has 12 nitrogen and oxygen atoms in total. The predicted octanol–water partition coefficient (Wildman–Crippen LogP) is 11.5. The molecule has 13 heteroatoms. The largest absolute Gasteiger partial charge is 0.481 e. The first-order valence-corrected chi connectivity index (χ1v) is 27.2. The summed E-state index contributed by atoms with van der Waals surface area (Å²) in [4.78, 5) is 37.7. The van der Waals surface area contributed by atoms with Crippen LogP contribution in [0.15, 0.2) is 48.5 Å². The average Bonchev–Trinajstić information content (AvgIpc) is 3.65. The van der Waals surface area contributed by atoms with E-state index in [0.717, 1.165) is 41.5 Å². The fourth-order valence-corrected chi connectivity index (χ4v) is 9.31. The number of ether oxygens (including phenoxy) is 6. The lowest BCUT2D eigenvalue weighted by molar-refractivity contribution is -0.138. The van der Waals surface area contributed by atoms with Crippen molar-refractivity contribution in [3.8, 4) is 11.1 Å². The molecule has 0 saturated heterocycles. The summed E-state index contributed by atoms with van der Waals surface area (Å²) in [6.45, 7) is 8.52. The van der Waals surface area contributed by atoms with Crippen LogP contribution in [0.4, 0.5) is 4.79 Å². The SMILES string of the molecule is CCCCCCCCCCCCOCC(CSCC(NC(=O)OCC1c2ccccc2-c2ccccc21)C(=O)NCCOCCOCCOCCC(=O)O)OCCCCCCCCCCCC. The zero-order chi connectivity index (χ0) is 47.8. The molecule has 0 radical (unpaired) electrons. The number of hydrogen-bond donors (Lipinski definition) is 3. The Labute approximate surface area is 408 Å². The van der Waals surface area contributed by atoms with Gasteiger partial charge in [-0.25, -0.2) is 4.79 Å². The molecule has 0 heterocycles. The van der Waals surface area contributed by atoms with Crippen LogP contribution in [-0.2, 0) is 38.0 Å². The van der Waals surface area contributed by atoms with Crippen molar-refractivity contribution in [3.05, 3.63) is 59.7 Å². The maximum atomic E-state index is 13.6. The van der Waals surface area contributed by atoms with Crippen LogP contribution >= 0.6 is 11.8 Å². The van der Waals surface area contributed by atoms with E-state index in [0.29, 0.717) is 57.8 Å². The lowest BCUT2D eigenvalue weighted by Crippen LogP contribution is -2.49. The number of hydrogen-bond acceptors (Lipinski definition) is 10. The van der Waals surface area contributed by atoms with Crippen LogP contribution in [0, 0.1) is 0 Å². The van der Waals surface area contributed by atoms with Crippen LogP contribution in [0.2, 0.25) is 0 Å². The molecule has 1 aliphatic rings. The zero-order valence-electron chi connectivity index (χ0n) is 41.4. The van der Waals surface area contributed by atoms with Gasteiger partial charge >= 0.3 is 12.1 Å². The number of thioether (sulfide) groups is 1. The Bertz CT molecular complexity index is 1520. The summed E-state index contributed by atoms with van der Waals surface area (Å²) >= 11 is 1.57. The smallest absolute Gasteiger partial charge is 0.407 e. The number of amides is 2. The van der Waals surface area contributed by atoms with E-state index in [1.54, 1.807) is 11.8 Å². The molecule has 2 atom stereocenters. The molecular formula is C54H88N2O10S. The van der Waals surface area contributed by atoms with E-state index in [4.69, 9.17) is 33.5 Å². The first-order valence-electron chi connectivity index (χ1n) is 26.1. The number of benzene rings is 2. The van der Waals surface area contributed by atoms with Gasteiger partial charge in [0.1, 0.15) is 12.6 Å². The highest BCUT2D eigenvalue weighted by molar-refractivity contribution is 7.99. The molecule has 0 spiro atoms. The van der Waals surface area contributed by atoms with Gasteiger partial charge in [0.2, 0.25) is 5.91 Å². The highest BCUT2D eigenvalue weighted by Gasteiger charge is 2.30. The van der Waals surface area contributed by atoms with Crippen molar-refractivity contribution in [2.45, 2.75) is 167 Å². The number of rotatable bonds is 45. The molecule has 3 N–H and O–H groups in total. The number of alkyl carbamates (subject to hydrolysis) is 1. The second kappa shape index (κ2) is 39.6. The van der Waals surface area contributed by atoms with Gasteiger partial charge in [0.05, 0.1) is 58.8 Å². The Hall–Kier alpha value is -3.20. The molecule has 0 fully saturated rings. The Balaban J connectivity index is 1.49. The van der Waals surface area contributed by atoms with Crippen LogP contribution in [-0.4, -0.2) is 119 Å². The number of aliphatic carboxylic acids is 1. The van der Waals surface area contributed by atoms with Crippen LogP contribution in [0.3, 0.4) is 0 Å².